The number of carboxylic acids is 1. The number of carbonyl (C=O) groups is 2. The van der Waals surface area contributed by atoms with Gasteiger partial charge >= 0.3 is 11.9 Å². The van der Waals surface area contributed by atoms with Crippen molar-refractivity contribution in [3.05, 3.63) is 83.9 Å². The van der Waals surface area contributed by atoms with Crippen molar-refractivity contribution >= 4 is 11.9 Å². The third kappa shape index (κ3) is 5.72. The highest BCUT2D eigenvalue weighted by molar-refractivity contribution is 5.89. The number of allylic oxidation sites excluding steroid dienone is 2. The fourth-order valence-electron chi connectivity index (χ4n) is 5.50. The number of ether oxygens (including phenoxy) is 2. The minimum Gasteiger partial charge on any atom is -0.481 e. The maximum absolute atomic E-state index is 12.5. The zero-order chi connectivity index (χ0) is 23.1. The Bertz CT molecular complexity index is 955. The monoisotopic (exact) mass is 448 g/mol. The fourth-order valence-corrected chi connectivity index (χ4v) is 5.50. The third-order valence-electron chi connectivity index (χ3n) is 7.11. The summed E-state index contributed by atoms with van der Waals surface area (Å²) in [4.78, 5) is 23.3. The molecule has 4 rings (SSSR count). The van der Waals surface area contributed by atoms with Gasteiger partial charge in [-0.2, -0.15) is 0 Å². The molecule has 1 saturated carbocycles. The summed E-state index contributed by atoms with van der Waals surface area (Å²) < 4.78 is 12.0. The minimum atomic E-state index is -0.754. The first kappa shape index (κ1) is 23.2. The molecule has 2 aromatic rings. The molecule has 174 valence electrons. The van der Waals surface area contributed by atoms with Gasteiger partial charge in [0, 0.05) is 17.8 Å². The predicted molar refractivity (Wildman–Crippen MR) is 126 cm³/mol. The topological polar surface area (TPSA) is 72.8 Å². The second kappa shape index (κ2) is 10.8. The number of carboxylic acid groups (broad SMARTS) is 1. The Morgan fingerprint density at radius 3 is 2.52 bits per heavy atom. The molecular formula is C28H32O5. The lowest BCUT2D eigenvalue weighted by Gasteiger charge is -2.38. The van der Waals surface area contributed by atoms with Crippen LogP contribution >= 0.6 is 0 Å². The summed E-state index contributed by atoms with van der Waals surface area (Å²) in [5.74, 6) is -0.552. The van der Waals surface area contributed by atoms with Crippen LogP contribution in [0.2, 0.25) is 0 Å². The van der Waals surface area contributed by atoms with Crippen LogP contribution in [-0.2, 0) is 20.7 Å². The summed E-state index contributed by atoms with van der Waals surface area (Å²) in [6.45, 7) is 1.08. The Morgan fingerprint density at radius 2 is 1.79 bits per heavy atom. The van der Waals surface area contributed by atoms with Gasteiger partial charge in [-0.1, -0.05) is 60.7 Å². The van der Waals surface area contributed by atoms with E-state index in [1.54, 1.807) is 12.1 Å². The van der Waals surface area contributed by atoms with Crippen molar-refractivity contribution in [2.75, 3.05) is 13.2 Å². The van der Waals surface area contributed by atoms with E-state index in [9.17, 15) is 9.59 Å². The fraction of sp³-hybridized carbons (Fsp3) is 0.429. The molecule has 1 aliphatic carbocycles. The number of esters is 1. The molecule has 5 heteroatoms. The number of fused-ring (bicyclic) bond motifs is 2. The average Bonchev–Trinajstić information content (AvgIpc) is 3.37. The molecule has 2 bridgehead atoms. The maximum atomic E-state index is 12.5. The minimum absolute atomic E-state index is 0.0290. The number of rotatable bonds is 11. The van der Waals surface area contributed by atoms with E-state index in [1.807, 2.05) is 24.3 Å². The lowest BCUT2D eigenvalue weighted by atomic mass is 9.70. The molecular weight excluding hydrogens is 416 g/mol. The molecule has 0 unspecified atom stereocenters. The van der Waals surface area contributed by atoms with Gasteiger partial charge in [0.05, 0.1) is 24.9 Å². The number of hydrogen-bond acceptors (Lipinski definition) is 4. The SMILES string of the molecule is O=C(O)CCC/C=C\C[C@@H]1[C@@H](COC(=O)c2ccccc2)[C@H]2C[C@]1(Cc1ccccc1)CO2. The van der Waals surface area contributed by atoms with E-state index in [2.05, 4.69) is 36.4 Å². The molecule has 1 heterocycles. The molecule has 1 N–H and O–H groups in total. The van der Waals surface area contributed by atoms with Crippen LogP contribution in [0.25, 0.3) is 0 Å². The van der Waals surface area contributed by atoms with Crippen molar-refractivity contribution in [3.8, 4) is 0 Å². The highest BCUT2D eigenvalue weighted by Crippen LogP contribution is 2.57. The largest absolute Gasteiger partial charge is 0.481 e. The van der Waals surface area contributed by atoms with E-state index in [0.29, 0.717) is 24.5 Å². The molecule has 0 amide bonds. The maximum Gasteiger partial charge on any atom is 0.338 e. The van der Waals surface area contributed by atoms with Gasteiger partial charge in [0.25, 0.3) is 0 Å². The van der Waals surface area contributed by atoms with Gasteiger partial charge in [-0.15, -0.1) is 0 Å². The summed E-state index contributed by atoms with van der Waals surface area (Å²) in [6.07, 6.45) is 8.80. The Balaban J connectivity index is 1.45. The van der Waals surface area contributed by atoms with E-state index in [4.69, 9.17) is 14.6 Å². The summed E-state index contributed by atoms with van der Waals surface area (Å²) in [7, 11) is 0. The van der Waals surface area contributed by atoms with Gasteiger partial charge in [-0.05, 0) is 55.7 Å². The second-order valence-electron chi connectivity index (χ2n) is 9.31. The van der Waals surface area contributed by atoms with Crippen LogP contribution in [0.1, 0.15) is 48.0 Å². The standard InChI is InChI=1S/C28H32O5/c29-26(30)16-10-2-1-9-15-24-23(19-32-27(31)22-13-7-4-8-14-22)25-18-28(24,20-33-25)17-21-11-5-3-6-12-21/h1,3-9,11-14,23-25H,2,10,15-20H2,(H,29,30)/b9-1-/t23-,24-,25-,28-/m1/s1. The van der Waals surface area contributed by atoms with Crippen LogP contribution in [0.5, 0.6) is 0 Å². The van der Waals surface area contributed by atoms with Crippen molar-refractivity contribution in [1.82, 2.24) is 0 Å². The molecule has 33 heavy (non-hydrogen) atoms. The van der Waals surface area contributed by atoms with Gasteiger partial charge in [0.2, 0.25) is 0 Å². The molecule has 1 saturated heterocycles. The van der Waals surface area contributed by atoms with Crippen molar-refractivity contribution in [2.24, 2.45) is 17.3 Å². The van der Waals surface area contributed by atoms with E-state index >= 15 is 0 Å². The van der Waals surface area contributed by atoms with E-state index in [-0.39, 0.29) is 29.8 Å². The average molecular weight is 449 g/mol. The van der Waals surface area contributed by atoms with Crippen LogP contribution in [0.3, 0.4) is 0 Å². The molecule has 4 atom stereocenters. The number of benzene rings is 2. The Morgan fingerprint density at radius 1 is 1.06 bits per heavy atom. The second-order valence-corrected chi connectivity index (χ2v) is 9.31. The van der Waals surface area contributed by atoms with Crippen molar-refractivity contribution in [1.29, 1.82) is 0 Å². The first-order valence-corrected chi connectivity index (χ1v) is 11.8. The summed E-state index contributed by atoms with van der Waals surface area (Å²) in [5, 5.41) is 8.83. The van der Waals surface area contributed by atoms with Crippen LogP contribution < -0.4 is 0 Å². The first-order valence-electron chi connectivity index (χ1n) is 11.8. The Hall–Kier alpha value is -2.92. The first-order chi connectivity index (χ1) is 16.1. The van der Waals surface area contributed by atoms with Crippen LogP contribution in [0.4, 0.5) is 0 Å². The highest BCUT2D eigenvalue weighted by atomic mass is 16.5. The molecule has 0 spiro atoms. The number of unbranched alkanes of at least 4 members (excludes halogenated alkanes) is 1. The van der Waals surface area contributed by atoms with E-state index < -0.39 is 5.97 Å². The Labute approximate surface area is 195 Å². The number of carbonyl (C=O) groups excluding carboxylic acids is 1. The van der Waals surface area contributed by atoms with Crippen molar-refractivity contribution in [2.45, 2.75) is 44.6 Å². The van der Waals surface area contributed by atoms with Crippen molar-refractivity contribution in [3.63, 3.8) is 0 Å². The van der Waals surface area contributed by atoms with E-state index in [0.717, 1.165) is 32.3 Å². The zero-order valence-corrected chi connectivity index (χ0v) is 18.9. The summed E-state index contributed by atoms with van der Waals surface area (Å²) >= 11 is 0. The smallest absolute Gasteiger partial charge is 0.338 e. The molecule has 2 aliphatic rings. The van der Waals surface area contributed by atoms with Gasteiger partial charge < -0.3 is 14.6 Å². The van der Waals surface area contributed by atoms with Crippen molar-refractivity contribution < 1.29 is 24.2 Å². The lowest BCUT2D eigenvalue weighted by Crippen LogP contribution is -2.40. The van der Waals surface area contributed by atoms with Gasteiger partial charge in [-0.3, -0.25) is 4.79 Å². The number of hydrogen-bond donors (Lipinski definition) is 1. The summed E-state index contributed by atoms with van der Waals surface area (Å²) in [5.41, 5.74) is 1.90. The molecule has 0 radical (unpaired) electrons. The Kier molecular flexibility index (Phi) is 7.61. The lowest BCUT2D eigenvalue weighted by molar-refractivity contribution is -0.137. The van der Waals surface area contributed by atoms with Gasteiger partial charge in [-0.25, -0.2) is 4.79 Å². The van der Waals surface area contributed by atoms with Crippen LogP contribution in [0, 0.1) is 17.3 Å². The quantitative estimate of drug-likeness (QED) is 0.287. The molecule has 2 aromatic carbocycles. The zero-order valence-electron chi connectivity index (χ0n) is 18.9. The van der Waals surface area contributed by atoms with Crippen LogP contribution in [-0.4, -0.2) is 36.4 Å². The number of aliphatic carboxylic acids is 1. The van der Waals surface area contributed by atoms with Gasteiger partial charge in [0.1, 0.15) is 0 Å². The van der Waals surface area contributed by atoms with Crippen LogP contribution in [0.15, 0.2) is 72.8 Å². The predicted octanol–water partition coefficient (Wildman–Crippen LogP) is 5.31. The molecule has 5 nitrogen and oxygen atoms in total. The molecule has 2 fully saturated rings. The highest BCUT2D eigenvalue weighted by Gasteiger charge is 2.58. The van der Waals surface area contributed by atoms with Gasteiger partial charge in [0.15, 0.2) is 0 Å². The summed E-state index contributed by atoms with van der Waals surface area (Å²) in [6, 6.07) is 19.6. The molecule has 1 aliphatic heterocycles. The third-order valence-corrected chi connectivity index (χ3v) is 7.11. The normalized spacial score (nSPS) is 26.0. The van der Waals surface area contributed by atoms with E-state index in [1.165, 1.54) is 5.56 Å². The molecule has 0 aromatic heterocycles.